The molecule has 0 amide bonds. The van der Waals surface area contributed by atoms with E-state index in [4.69, 9.17) is 16.8 Å². The van der Waals surface area contributed by atoms with E-state index in [0.717, 1.165) is 6.26 Å². The monoisotopic (exact) mass is 261 g/mol. The molecule has 0 radical (unpaired) electrons. The van der Waals surface area contributed by atoms with Crippen LogP contribution in [0.25, 0.3) is 0 Å². The molecule has 0 heterocycles. The molecule has 1 N–H and O–H groups in total. The number of hydrogen-bond acceptors (Lipinski definition) is 4. The smallest absolute Gasteiger partial charge is 0.155 e. The Bertz CT molecular complexity index is 511. The summed E-state index contributed by atoms with van der Waals surface area (Å²) in [6, 6.07) is 6.52. The van der Waals surface area contributed by atoms with E-state index in [2.05, 4.69) is 5.16 Å². The number of halogens is 1. The van der Waals surface area contributed by atoms with E-state index < -0.39 is 15.1 Å². The minimum Gasteiger partial charge on any atom is -0.411 e. The first kappa shape index (κ1) is 13.0. The van der Waals surface area contributed by atoms with Gasteiger partial charge in [-0.15, -0.1) is 0 Å². The topological polar surface area (TPSA) is 66.7 Å². The molecular formula is C10H12ClNO3S. The van der Waals surface area contributed by atoms with Crippen molar-refractivity contribution in [2.45, 2.75) is 12.2 Å². The van der Waals surface area contributed by atoms with Gasteiger partial charge in [-0.25, -0.2) is 8.42 Å². The highest BCUT2D eigenvalue weighted by molar-refractivity contribution is 7.92. The highest BCUT2D eigenvalue weighted by Gasteiger charge is 2.23. The Kier molecular flexibility index (Phi) is 3.93. The fourth-order valence-corrected chi connectivity index (χ4v) is 2.00. The lowest BCUT2D eigenvalue weighted by Crippen LogP contribution is -2.27. The summed E-state index contributed by atoms with van der Waals surface area (Å²) in [6.07, 6.45) is 1.09. The molecule has 0 spiro atoms. The van der Waals surface area contributed by atoms with Gasteiger partial charge in [0.25, 0.3) is 0 Å². The van der Waals surface area contributed by atoms with Crippen LogP contribution in [0.5, 0.6) is 0 Å². The molecule has 0 aliphatic heterocycles. The maximum atomic E-state index is 11.4. The van der Waals surface area contributed by atoms with E-state index in [1.54, 1.807) is 24.3 Å². The zero-order chi connectivity index (χ0) is 12.3. The Hall–Kier alpha value is -1.07. The summed E-state index contributed by atoms with van der Waals surface area (Å²) < 4.78 is 22.7. The van der Waals surface area contributed by atoms with Crippen LogP contribution in [0.3, 0.4) is 0 Å². The molecule has 88 valence electrons. The van der Waals surface area contributed by atoms with Crippen molar-refractivity contribution in [2.24, 2.45) is 5.16 Å². The number of rotatable bonds is 3. The van der Waals surface area contributed by atoms with Crippen molar-refractivity contribution in [1.82, 2.24) is 0 Å². The fraction of sp³-hybridized carbons (Fsp3) is 0.300. The third-order valence-electron chi connectivity index (χ3n) is 2.26. The van der Waals surface area contributed by atoms with Gasteiger partial charge in [0.15, 0.2) is 9.84 Å². The van der Waals surface area contributed by atoms with Crippen LogP contribution in [0.1, 0.15) is 12.5 Å². The van der Waals surface area contributed by atoms with Crippen LogP contribution in [0, 0.1) is 0 Å². The molecule has 0 aromatic heterocycles. The summed E-state index contributed by atoms with van der Waals surface area (Å²) in [5, 5.41) is 11.5. The summed E-state index contributed by atoms with van der Waals surface area (Å²) in [6.45, 7) is 1.46. The molecule has 1 atom stereocenters. The van der Waals surface area contributed by atoms with Gasteiger partial charge in [-0.1, -0.05) is 28.9 Å². The predicted octanol–water partition coefficient (Wildman–Crippen LogP) is 1.95. The second-order valence-corrected chi connectivity index (χ2v) is 6.27. The Morgan fingerprint density at radius 2 is 2.12 bits per heavy atom. The van der Waals surface area contributed by atoms with Crippen LogP contribution >= 0.6 is 11.6 Å². The van der Waals surface area contributed by atoms with Crippen molar-refractivity contribution in [3.05, 3.63) is 34.9 Å². The van der Waals surface area contributed by atoms with Crippen molar-refractivity contribution in [1.29, 1.82) is 0 Å². The molecule has 1 aromatic carbocycles. The van der Waals surface area contributed by atoms with Gasteiger partial charge in [-0.2, -0.15) is 0 Å². The van der Waals surface area contributed by atoms with E-state index in [-0.39, 0.29) is 5.71 Å². The first-order valence-corrected chi connectivity index (χ1v) is 6.86. The van der Waals surface area contributed by atoms with Crippen molar-refractivity contribution in [2.75, 3.05) is 6.26 Å². The molecule has 0 fully saturated rings. The molecule has 0 bridgehead atoms. The zero-order valence-electron chi connectivity index (χ0n) is 8.88. The van der Waals surface area contributed by atoms with Crippen LogP contribution in [0.15, 0.2) is 29.4 Å². The van der Waals surface area contributed by atoms with Crippen molar-refractivity contribution < 1.29 is 13.6 Å². The van der Waals surface area contributed by atoms with Gasteiger partial charge in [0.05, 0.1) is 0 Å². The number of sulfone groups is 1. The molecule has 0 aliphatic rings. The average molecular weight is 262 g/mol. The van der Waals surface area contributed by atoms with E-state index >= 15 is 0 Å². The fourth-order valence-electron chi connectivity index (χ4n) is 1.22. The number of benzene rings is 1. The molecule has 6 heteroatoms. The lowest BCUT2D eigenvalue weighted by molar-refractivity contribution is 0.318. The summed E-state index contributed by atoms with van der Waals surface area (Å²) in [5.41, 5.74) is 0.581. The van der Waals surface area contributed by atoms with Gasteiger partial charge in [0.1, 0.15) is 11.0 Å². The summed E-state index contributed by atoms with van der Waals surface area (Å²) >= 11 is 5.78. The highest BCUT2D eigenvalue weighted by atomic mass is 35.5. The van der Waals surface area contributed by atoms with Gasteiger partial charge in [0.2, 0.25) is 0 Å². The van der Waals surface area contributed by atoms with Gasteiger partial charge in [-0.3, -0.25) is 0 Å². The minimum atomic E-state index is -3.31. The molecule has 0 unspecified atom stereocenters. The zero-order valence-corrected chi connectivity index (χ0v) is 10.5. The predicted molar refractivity (Wildman–Crippen MR) is 64.1 cm³/mol. The van der Waals surface area contributed by atoms with Gasteiger partial charge >= 0.3 is 0 Å². The first-order chi connectivity index (χ1) is 7.36. The number of oxime groups is 1. The molecule has 4 nitrogen and oxygen atoms in total. The Morgan fingerprint density at radius 1 is 1.50 bits per heavy atom. The second-order valence-electron chi connectivity index (χ2n) is 3.47. The molecule has 0 aliphatic carbocycles. The Labute approximate surface area is 99.5 Å². The minimum absolute atomic E-state index is 0.0880. The lowest BCUT2D eigenvalue weighted by Gasteiger charge is -2.11. The molecule has 1 aromatic rings. The summed E-state index contributed by atoms with van der Waals surface area (Å²) in [7, 11) is -3.31. The Morgan fingerprint density at radius 3 is 2.56 bits per heavy atom. The van der Waals surface area contributed by atoms with E-state index in [1.165, 1.54) is 6.92 Å². The average Bonchev–Trinajstić information content (AvgIpc) is 2.17. The largest absolute Gasteiger partial charge is 0.411 e. The van der Waals surface area contributed by atoms with Gasteiger partial charge < -0.3 is 5.21 Å². The van der Waals surface area contributed by atoms with Crippen LogP contribution < -0.4 is 0 Å². The quantitative estimate of drug-likeness (QED) is 0.514. The Balaban J connectivity index is 3.20. The summed E-state index contributed by atoms with van der Waals surface area (Å²) in [4.78, 5) is 0. The first-order valence-electron chi connectivity index (χ1n) is 4.53. The number of hydrogen-bond donors (Lipinski definition) is 1. The maximum absolute atomic E-state index is 11.4. The van der Waals surface area contributed by atoms with E-state index in [1.807, 2.05) is 0 Å². The molecule has 0 saturated carbocycles. The van der Waals surface area contributed by atoms with Crippen molar-refractivity contribution in [3.63, 3.8) is 0 Å². The van der Waals surface area contributed by atoms with Crippen LogP contribution in [0.2, 0.25) is 5.02 Å². The lowest BCUT2D eigenvalue weighted by atomic mass is 10.1. The highest BCUT2D eigenvalue weighted by Crippen LogP contribution is 2.15. The normalized spacial score (nSPS) is 14.8. The van der Waals surface area contributed by atoms with Gasteiger partial charge in [0, 0.05) is 16.8 Å². The second kappa shape index (κ2) is 4.84. The van der Waals surface area contributed by atoms with Gasteiger partial charge in [-0.05, 0) is 19.1 Å². The standard InChI is InChI=1S/C10H12ClNO3S/c1-7(16(2,14)15)10(12-13)8-4-3-5-9(11)6-8/h3-7,13H,1-2H3/b12-10+/t7-/m0/s1. The maximum Gasteiger partial charge on any atom is 0.155 e. The van der Waals surface area contributed by atoms with Crippen LogP contribution in [0.4, 0.5) is 0 Å². The van der Waals surface area contributed by atoms with Crippen molar-refractivity contribution >= 4 is 27.1 Å². The van der Waals surface area contributed by atoms with E-state index in [9.17, 15) is 8.42 Å². The molecule has 16 heavy (non-hydrogen) atoms. The molecule has 1 rings (SSSR count). The van der Waals surface area contributed by atoms with Crippen LogP contribution in [-0.2, 0) is 9.84 Å². The third kappa shape index (κ3) is 2.96. The third-order valence-corrected chi connectivity index (χ3v) is 4.00. The molecule has 0 saturated heterocycles. The summed E-state index contributed by atoms with van der Waals surface area (Å²) in [5.74, 6) is 0. The van der Waals surface area contributed by atoms with Crippen molar-refractivity contribution in [3.8, 4) is 0 Å². The SMILES string of the molecule is C[C@@H](/C(=N\O)c1cccc(Cl)c1)S(C)(=O)=O. The van der Waals surface area contributed by atoms with E-state index in [0.29, 0.717) is 10.6 Å². The number of nitrogens with zero attached hydrogens (tertiary/aromatic N) is 1. The molecular weight excluding hydrogens is 250 g/mol. The van der Waals surface area contributed by atoms with Crippen LogP contribution in [-0.4, -0.2) is 30.8 Å².